The van der Waals surface area contributed by atoms with Crippen molar-refractivity contribution in [2.45, 2.75) is 6.92 Å². The van der Waals surface area contributed by atoms with Crippen LogP contribution in [-0.4, -0.2) is 32.1 Å². The van der Waals surface area contributed by atoms with Gasteiger partial charge in [-0.05, 0) is 31.2 Å². The van der Waals surface area contributed by atoms with E-state index in [0.717, 1.165) is 29.9 Å². The summed E-state index contributed by atoms with van der Waals surface area (Å²) in [6.07, 6.45) is 0.762. The Balaban J connectivity index is 0.000000399. The molecule has 0 spiro atoms. The lowest BCUT2D eigenvalue weighted by Gasteiger charge is -2.00. The Morgan fingerprint density at radius 2 is 1.89 bits per heavy atom. The number of thiazole rings is 1. The first-order valence-corrected chi connectivity index (χ1v) is 6.67. The van der Waals surface area contributed by atoms with E-state index in [4.69, 9.17) is 4.74 Å². The molecule has 0 bridgehead atoms. The van der Waals surface area contributed by atoms with E-state index in [1.807, 2.05) is 36.6 Å². The highest BCUT2D eigenvalue weighted by molar-refractivity contribution is 7.11. The maximum Gasteiger partial charge on any atom is 0.178 e. The van der Waals surface area contributed by atoms with Gasteiger partial charge in [0.2, 0.25) is 0 Å². The molecule has 1 heterocycles. The number of hydrogen-bond donors (Lipinski definition) is 0. The molecule has 0 amide bonds. The largest absolute Gasteiger partial charge is 0.497 e. The van der Waals surface area contributed by atoms with Gasteiger partial charge in [0, 0.05) is 24.7 Å². The molecular weight excluding hydrogens is 262 g/mol. The molecule has 0 atom stereocenters. The van der Waals surface area contributed by atoms with Gasteiger partial charge in [0.25, 0.3) is 0 Å². The number of aromatic nitrogens is 1. The van der Waals surface area contributed by atoms with Crippen LogP contribution < -0.4 is 4.74 Å². The lowest BCUT2D eigenvalue weighted by atomic mass is 10.2. The molecule has 5 heteroatoms. The third kappa shape index (κ3) is 4.81. The maximum atomic E-state index is 10.5. The normalized spacial score (nSPS) is 9.42. The van der Waals surface area contributed by atoms with Crippen molar-refractivity contribution in [2.75, 3.05) is 20.8 Å². The number of aldehydes is 1. The van der Waals surface area contributed by atoms with Crippen LogP contribution in [0, 0.1) is 0 Å². The molecule has 19 heavy (non-hydrogen) atoms. The lowest BCUT2D eigenvalue weighted by Crippen LogP contribution is -1.83. The Hall–Kier alpha value is -1.72. The van der Waals surface area contributed by atoms with Gasteiger partial charge in [-0.3, -0.25) is 4.79 Å². The Labute approximate surface area is 117 Å². The molecule has 102 valence electrons. The van der Waals surface area contributed by atoms with Crippen molar-refractivity contribution >= 4 is 17.6 Å². The molecule has 4 nitrogen and oxygen atoms in total. The molecule has 0 saturated heterocycles. The molecule has 2 rings (SSSR count). The number of ether oxygens (including phenoxy) is 2. The van der Waals surface area contributed by atoms with Crippen LogP contribution in [-0.2, 0) is 4.74 Å². The Morgan fingerprint density at radius 3 is 2.32 bits per heavy atom. The Kier molecular flexibility index (Phi) is 6.78. The monoisotopic (exact) mass is 279 g/mol. The van der Waals surface area contributed by atoms with Gasteiger partial charge in [-0.1, -0.05) is 0 Å². The van der Waals surface area contributed by atoms with Gasteiger partial charge in [-0.25, -0.2) is 4.98 Å². The topological polar surface area (TPSA) is 48.4 Å². The zero-order chi connectivity index (χ0) is 14.1. The van der Waals surface area contributed by atoms with Crippen LogP contribution in [0.1, 0.15) is 16.7 Å². The molecule has 1 aromatic carbocycles. The predicted octanol–water partition coefficient (Wildman–Crippen LogP) is 3.28. The summed E-state index contributed by atoms with van der Waals surface area (Å²) in [7, 11) is 3.31. The average Bonchev–Trinajstić information content (AvgIpc) is 2.96. The van der Waals surface area contributed by atoms with Gasteiger partial charge in [0.05, 0.1) is 12.8 Å². The average molecular weight is 279 g/mol. The molecule has 0 saturated carbocycles. The summed E-state index contributed by atoms with van der Waals surface area (Å²) in [6, 6.07) is 7.58. The van der Waals surface area contributed by atoms with E-state index in [1.165, 1.54) is 11.3 Å². The first kappa shape index (κ1) is 15.3. The third-order valence-corrected chi connectivity index (χ3v) is 3.07. The summed E-state index contributed by atoms with van der Waals surface area (Å²) in [5.74, 6) is 0.810. The van der Waals surface area contributed by atoms with Gasteiger partial charge in [0.15, 0.2) is 11.3 Å². The molecule has 0 fully saturated rings. The van der Waals surface area contributed by atoms with Crippen molar-refractivity contribution < 1.29 is 14.3 Å². The summed E-state index contributed by atoms with van der Waals surface area (Å²) in [5, 5.41) is 2.37. The highest BCUT2D eigenvalue weighted by Gasteiger charge is 2.03. The minimum absolute atomic E-state index is 0.501. The fraction of sp³-hybridized carbons (Fsp3) is 0.286. The fourth-order valence-electron chi connectivity index (χ4n) is 1.24. The van der Waals surface area contributed by atoms with Gasteiger partial charge in [-0.15, -0.1) is 11.3 Å². The van der Waals surface area contributed by atoms with Gasteiger partial charge >= 0.3 is 0 Å². The number of rotatable bonds is 4. The summed E-state index contributed by atoms with van der Waals surface area (Å²) < 4.78 is 9.60. The van der Waals surface area contributed by atoms with E-state index in [-0.39, 0.29) is 0 Å². The fourth-order valence-corrected chi connectivity index (χ4v) is 1.86. The Bertz CT molecular complexity index is 492. The second-order valence-electron chi connectivity index (χ2n) is 3.49. The maximum absolute atomic E-state index is 10.5. The van der Waals surface area contributed by atoms with Crippen LogP contribution in [0.2, 0.25) is 0 Å². The first-order chi connectivity index (χ1) is 9.24. The van der Waals surface area contributed by atoms with Crippen molar-refractivity contribution in [1.29, 1.82) is 0 Å². The summed E-state index contributed by atoms with van der Waals surface area (Å²) in [4.78, 5) is 14.6. The zero-order valence-electron chi connectivity index (χ0n) is 11.3. The minimum atomic E-state index is 0.501. The van der Waals surface area contributed by atoms with Crippen molar-refractivity contribution in [1.82, 2.24) is 4.98 Å². The number of benzene rings is 1. The van der Waals surface area contributed by atoms with E-state index >= 15 is 0 Å². The van der Waals surface area contributed by atoms with Crippen LogP contribution in [0.4, 0.5) is 0 Å². The highest BCUT2D eigenvalue weighted by atomic mass is 32.1. The molecule has 1 aromatic heterocycles. The minimum Gasteiger partial charge on any atom is -0.497 e. The smallest absolute Gasteiger partial charge is 0.178 e. The summed E-state index contributed by atoms with van der Waals surface area (Å²) in [6.45, 7) is 2.78. The van der Waals surface area contributed by atoms with Crippen LogP contribution in [0.3, 0.4) is 0 Å². The van der Waals surface area contributed by atoms with Crippen LogP contribution in [0.25, 0.3) is 11.3 Å². The first-order valence-electron chi connectivity index (χ1n) is 5.79. The summed E-state index contributed by atoms with van der Waals surface area (Å²) >= 11 is 1.34. The zero-order valence-corrected chi connectivity index (χ0v) is 12.1. The van der Waals surface area contributed by atoms with E-state index in [9.17, 15) is 4.79 Å². The number of methoxy groups -OCH3 is 2. The van der Waals surface area contributed by atoms with Gasteiger partial charge < -0.3 is 9.47 Å². The Morgan fingerprint density at radius 1 is 1.26 bits per heavy atom. The SMILES string of the molecule is CCOC.COc1ccc(-c2csc(C=O)n2)cc1. The van der Waals surface area contributed by atoms with Crippen LogP contribution in [0.15, 0.2) is 29.6 Å². The van der Waals surface area contributed by atoms with Gasteiger partial charge in [-0.2, -0.15) is 0 Å². The summed E-state index contributed by atoms with van der Waals surface area (Å²) in [5.41, 5.74) is 1.81. The lowest BCUT2D eigenvalue weighted by molar-refractivity contribution is 0.112. The standard InChI is InChI=1S/C11H9NO2S.C3H8O/c1-14-9-4-2-8(3-5-9)10-7-15-11(6-13)12-10;1-3-4-2/h2-7H,1H3;3H2,1-2H3. The van der Waals surface area contributed by atoms with Gasteiger partial charge in [0.1, 0.15) is 5.75 Å². The van der Waals surface area contributed by atoms with Crippen molar-refractivity contribution in [2.24, 2.45) is 0 Å². The molecule has 0 aliphatic heterocycles. The van der Waals surface area contributed by atoms with Crippen molar-refractivity contribution in [3.05, 3.63) is 34.7 Å². The molecule has 0 unspecified atom stereocenters. The molecule has 2 aromatic rings. The second-order valence-corrected chi connectivity index (χ2v) is 4.38. The molecular formula is C14H17NO3S. The third-order valence-electron chi connectivity index (χ3n) is 2.30. The van der Waals surface area contributed by atoms with E-state index < -0.39 is 0 Å². The van der Waals surface area contributed by atoms with Crippen molar-refractivity contribution in [3.63, 3.8) is 0 Å². The predicted molar refractivity (Wildman–Crippen MR) is 77.0 cm³/mol. The number of nitrogens with zero attached hydrogens (tertiary/aromatic N) is 1. The van der Waals surface area contributed by atoms with E-state index in [1.54, 1.807) is 14.2 Å². The van der Waals surface area contributed by atoms with Crippen LogP contribution in [0.5, 0.6) is 5.75 Å². The molecule has 0 aliphatic carbocycles. The molecule has 0 N–H and O–H groups in total. The molecule has 0 aliphatic rings. The number of carbonyl (C=O) groups is 1. The second kappa shape index (κ2) is 8.39. The highest BCUT2D eigenvalue weighted by Crippen LogP contribution is 2.23. The van der Waals surface area contributed by atoms with E-state index in [0.29, 0.717) is 5.01 Å². The quantitative estimate of drug-likeness (QED) is 0.806. The number of hydrogen-bond acceptors (Lipinski definition) is 5. The van der Waals surface area contributed by atoms with Crippen LogP contribution >= 0.6 is 11.3 Å². The van der Waals surface area contributed by atoms with E-state index in [2.05, 4.69) is 9.72 Å². The molecule has 0 radical (unpaired) electrons. The number of carbonyl (C=O) groups excluding carboxylic acids is 1. The van der Waals surface area contributed by atoms with Crippen molar-refractivity contribution in [3.8, 4) is 17.0 Å².